The Morgan fingerprint density at radius 1 is 1.41 bits per heavy atom. The van der Waals surface area contributed by atoms with Gasteiger partial charge in [-0.05, 0) is 37.1 Å². The van der Waals surface area contributed by atoms with E-state index < -0.39 is 0 Å². The summed E-state index contributed by atoms with van der Waals surface area (Å²) in [4.78, 5) is 22.1. The Morgan fingerprint density at radius 3 is 2.91 bits per heavy atom. The van der Waals surface area contributed by atoms with Crippen molar-refractivity contribution in [3.8, 4) is 0 Å². The highest BCUT2D eigenvalue weighted by Gasteiger charge is 2.32. The lowest BCUT2D eigenvalue weighted by Gasteiger charge is -2.39. The third-order valence-corrected chi connectivity index (χ3v) is 4.10. The number of hydrogen-bond donors (Lipinski definition) is 1. The van der Waals surface area contributed by atoms with E-state index in [1.807, 2.05) is 30.0 Å². The average Bonchev–Trinajstić information content (AvgIpc) is 2.48. The zero-order valence-electron chi connectivity index (χ0n) is 12.5. The smallest absolute Gasteiger partial charge is 0.224 e. The first-order chi connectivity index (χ1) is 10.6. The minimum atomic E-state index is 0.0361. The Kier molecular flexibility index (Phi) is 3.98. The molecular formula is C16H17ClN4O. The van der Waals surface area contributed by atoms with Gasteiger partial charge in [-0.15, -0.1) is 0 Å². The van der Waals surface area contributed by atoms with Gasteiger partial charge in [0.05, 0.1) is 12.2 Å². The monoisotopic (exact) mass is 316 g/mol. The lowest BCUT2D eigenvalue weighted by Crippen LogP contribution is -2.43. The molecule has 0 radical (unpaired) electrons. The molecule has 5 nitrogen and oxygen atoms in total. The number of amides is 1. The molecule has 1 aromatic heterocycles. The Labute approximate surface area is 134 Å². The van der Waals surface area contributed by atoms with E-state index in [2.05, 4.69) is 15.3 Å². The van der Waals surface area contributed by atoms with Gasteiger partial charge in [-0.3, -0.25) is 9.78 Å². The predicted molar refractivity (Wildman–Crippen MR) is 87.1 cm³/mol. The molecule has 0 spiro atoms. The fourth-order valence-electron chi connectivity index (χ4n) is 3.00. The first-order valence-corrected chi connectivity index (χ1v) is 7.56. The van der Waals surface area contributed by atoms with Crippen LogP contribution in [0.15, 0.2) is 36.8 Å². The molecule has 0 unspecified atom stereocenters. The summed E-state index contributed by atoms with van der Waals surface area (Å²) in [5.41, 5.74) is 1.91. The van der Waals surface area contributed by atoms with Crippen LogP contribution in [0, 0.1) is 0 Å². The molecule has 6 heteroatoms. The van der Waals surface area contributed by atoms with E-state index in [0.717, 1.165) is 17.7 Å². The molecule has 2 heterocycles. The van der Waals surface area contributed by atoms with E-state index in [1.54, 1.807) is 25.5 Å². The highest BCUT2D eigenvalue weighted by molar-refractivity contribution is 6.30. The van der Waals surface area contributed by atoms with Crippen molar-refractivity contribution < 1.29 is 4.79 Å². The van der Waals surface area contributed by atoms with Gasteiger partial charge >= 0.3 is 0 Å². The topological polar surface area (TPSA) is 58.1 Å². The molecule has 1 aliphatic rings. The van der Waals surface area contributed by atoms with E-state index in [-0.39, 0.29) is 18.0 Å². The molecule has 0 bridgehead atoms. The van der Waals surface area contributed by atoms with Gasteiger partial charge in [0.25, 0.3) is 0 Å². The number of carbonyl (C=O) groups excluding carboxylic acids is 1. The normalized spacial score (nSPS) is 20.4. The van der Waals surface area contributed by atoms with Gasteiger partial charge in [0, 0.05) is 36.1 Å². The number of benzene rings is 1. The van der Waals surface area contributed by atoms with E-state index in [9.17, 15) is 4.79 Å². The quantitative estimate of drug-likeness (QED) is 0.922. The maximum Gasteiger partial charge on any atom is 0.224 e. The summed E-state index contributed by atoms with van der Waals surface area (Å²) in [6.07, 6.45) is 5.75. The molecule has 0 saturated carbocycles. The van der Waals surface area contributed by atoms with Crippen LogP contribution in [0.4, 0.5) is 11.5 Å². The standard InChI is InChI=1S/C16H17ClN4O/c1-10-7-14(20-16-9-18-5-6-19-16)13-8-12(17)3-4-15(13)21(10)11(2)22/h3-6,8-10,14H,7H2,1-2H3,(H,19,20)/t10-,14+/m0/s1. The van der Waals surface area contributed by atoms with E-state index in [1.165, 1.54) is 0 Å². The van der Waals surface area contributed by atoms with Gasteiger partial charge in [-0.2, -0.15) is 0 Å². The third kappa shape index (κ3) is 2.76. The summed E-state index contributed by atoms with van der Waals surface area (Å²) in [6.45, 7) is 3.63. The summed E-state index contributed by atoms with van der Waals surface area (Å²) in [7, 11) is 0. The zero-order valence-corrected chi connectivity index (χ0v) is 13.2. The number of halogens is 1. The largest absolute Gasteiger partial charge is 0.362 e. The lowest BCUT2D eigenvalue weighted by molar-refractivity contribution is -0.117. The maximum atomic E-state index is 12.0. The van der Waals surface area contributed by atoms with E-state index in [4.69, 9.17) is 11.6 Å². The van der Waals surface area contributed by atoms with E-state index >= 15 is 0 Å². The summed E-state index contributed by atoms with van der Waals surface area (Å²) < 4.78 is 0. The van der Waals surface area contributed by atoms with Crippen molar-refractivity contribution in [3.63, 3.8) is 0 Å². The summed E-state index contributed by atoms with van der Waals surface area (Å²) >= 11 is 6.15. The van der Waals surface area contributed by atoms with Crippen molar-refractivity contribution in [2.24, 2.45) is 0 Å². The molecule has 1 amide bonds. The fraction of sp³-hybridized carbons (Fsp3) is 0.312. The van der Waals surface area contributed by atoms with Crippen LogP contribution < -0.4 is 10.2 Å². The molecule has 1 aromatic carbocycles. The SMILES string of the molecule is CC(=O)N1c2ccc(Cl)cc2[C@H](Nc2cnccn2)C[C@@H]1C. The van der Waals surface area contributed by atoms with Crippen molar-refractivity contribution in [2.75, 3.05) is 10.2 Å². The molecular weight excluding hydrogens is 300 g/mol. The Balaban J connectivity index is 2.00. The second kappa shape index (κ2) is 5.93. The molecule has 1 N–H and O–H groups in total. The molecule has 114 valence electrons. The summed E-state index contributed by atoms with van der Waals surface area (Å²) in [5.74, 6) is 0.746. The first kappa shape index (κ1) is 14.8. The van der Waals surface area contributed by atoms with Gasteiger partial charge < -0.3 is 10.2 Å². The zero-order chi connectivity index (χ0) is 15.7. The van der Waals surface area contributed by atoms with Crippen LogP contribution in [-0.4, -0.2) is 21.9 Å². The lowest BCUT2D eigenvalue weighted by atomic mass is 9.91. The molecule has 0 fully saturated rings. The summed E-state index contributed by atoms with van der Waals surface area (Å²) in [5, 5.41) is 4.04. The predicted octanol–water partition coefficient (Wildman–Crippen LogP) is 3.43. The molecule has 0 aliphatic carbocycles. The number of anilines is 2. The minimum Gasteiger partial charge on any atom is -0.362 e. The number of nitrogens with one attached hydrogen (secondary N) is 1. The number of carbonyl (C=O) groups is 1. The second-order valence-corrected chi connectivity index (χ2v) is 5.90. The maximum absolute atomic E-state index is 12.0. The number of fused-ring (bicyclic) bond motifs is 1. The highest BCUT2D eigenvalue weighted by Crippen LogP contribution is 2.39. The first-order valence-electron chi connectivity index (χ1n) is 7.18. The highest BCUT2D eigenvalue weighted by atomic mass is 35.5. The summed E-state index contributed by atoms with van der Waals surface area (Å²) in [6, 6.07) is 5.76. The van der Waals surface area contributed by atoms with Crippen LogP contribution in [0.1, 0.15) is 31.9 Å². The molecule has 22 heavy (non-hydrogen) atoms. The third-order valence-electron chi connectivity index (χ3n) is 3.87. The molecule has 2 aromatic rings. The fourth-order valence-corrected chi connectivity index (χ4v) is 3.18. The van der Waals surface area contributed by atoms with Crippen molar-refractivity contribution in [1.29, 1.82) is 0 Å². The van der Waals surface area contributed by atoms with Crippen LogP contribution in [0.2, 0.25) is 5.02 Å². The van der Waals surface area contributed by atoms with Gasteiger partial charge in [-0.1, -0.05) is 11.6 Å². The van der Waals surface area contributed by atoms with Gasteiger partial charge in [-0.25, -0.2) is 4.98 Å². The Morgan fingerprint density at radius 2 is 2.23 bits per heavy atom. The van der Waals surface area contributed by atoms with Crippen LogP contribution in [0.25, 0.3) is 0 Å². The van der Waals surface area contributed by atoms with Crippen LogP contribution in [0.5, 0.6) is 0 Å². The Hall–Kier alpha value is -2.14. The van der Waals surface area contributed by atoms with Crippen molar-refractivity contribution in [1.82, 2.24) is 9.97 Å². The van der Waals surface area contributed by atoms with Crippen LogP contribution in [-0.2, 0) is 4.79 Å². The van der Waals surface area contributed by atoms with Gasteiger partial charge in [0.15, 0.2) is 0 Å². The van der Waals surface area contributed by atoms with Crippen molar-refractivity contribution >= 4 is 29.0 Å². The number of nitrogens with zero attached hydrogens (tertiary/aromatic N) is 3. The number of hydrogen-bond acceptors (Lipinski definition) is 4. The van der Waals surface area contributed by atoms with Crippen molar-refractivity contribution in [2.45, 2.75) is 32.4 Å². The number of rotatable bonds is 2. The van der Waals surface area contributed by atoms with Crippen molar-refractivity contribution in [3.05, 3.63) is 47.4 Å². The molecule has 0 saturated heterocycles. The van der Waals surface area contributed by atoms with E-state index in [0.29, 0.717) is 10.8 Å². The Bertz CT molecular complexity index is 692. The van der Waals surface area contributed by atoms with Crippen LogP contribution in [0.3, 0.4) is 0 Å². The second-order valence-electron chi connectivity index (χ2n) is 5.46. The molecule has 1 aliphatic heterocycles. The molecule has 2 atom stereocenters. The number of aromatic nitrogens is 2. The van der Waals surface area contributed by atoms with Crippen LogP contribution >= 0.6 is 11.6 Å². The molecule has 3 rings (SSSR count). The van der Waals surface area contributed by atoms with Gasteiger partial charge in [0.2, 0.25) is 5.91 Å². The minimum absolute atomic E-state index is 0.0361. The average molecular weight is 317 g/mol. The van der Waals surface area contributed by atoms with Gasteiger partial charge in [0.1, 0.15) is 5.82 Å².